The van der Waals surface area contributed by atoms with Crippen LogP contribution in [0, 0.1) is 11.8 Å². The Kier molecular flexibility index (Phi) is 2.80. The third-order valence-electron chi connectivity index (χ3n) is 2.88. The van der Waals surface area contributed by atoms with Crippen LogP contribution in [0.2, 0.25) is 0 Å². The van der Waals surface area contributed by atoms with Gasteiger partial charge in [0, 0.05) is 10.5 Å². The molecule has 0 amide bonds. The van der Waals surface area contributed by atoms with Gasteiger partial charge in [-0.2, -0.15) is 0 Å². The molecule has 15 heavy (non-hydrogen) atoms. The Hall–Kier alpha value is -0.870. The van der Waals surface area contributed by atoms with E-state index in [2.05, 4.69) is 15.9 Å². The van der Waals surface area contributed by atoms with Gasteiger partial charge in [-0.1, -0.05) is 34.1 Å². The number of benzene rings is 1. The van der Waals surface area contributed by atoms with Crippen LogP contribution in [0.3, 0.4) is 0 Å². The van der Waals surface area contributed by atoms with Crippen LogP contribution in [0.4, 0.5) is 0 Å². The number of hydrogen-bond donors (Lipinski definition) is 2. The largest absolute Gasteiger partial charge is 0.481 e. The first-order valence-electron chi connectivity index (χ1n) is 4.84. The van der Waals surface area contributed by atoms with Gasteiger partial charge < -0.3 is 10.8 Å². The summed E-state index contributed by atoms with van der Waals surface area (Å²) in [7, 11) is 0. The normalized spacial score (nSPS) is 26.0. The van der Waals surface area contributed by atoms with Gasteiger partial charge >= 0.3 is 5.97 Å². The molecular formula is C11H12BrNO2. The summed E-state index contributed by atoms with van der Waals surface area (Å²) >= 11 is 3.42. The number of nitrogens with two attached hydrogens (primary N) is 1. The first kappa shape index (κ1) is 10.6. The lowest BCUT2D eigenvalue weighted by atomic mass is 10.0. The third-order valence-corrected chi connectivity index (χ3v) is 3.60. The molecule has 1 aliphatic carbocycles. The highest BCUT2D eigenvalue weighted by atomic mass is 79.9. The highest BCUT2D eigenvalue weighted by Crippen LogP contribution is 2.47. The minimum Gasteiger partial charge on any atom is -0.481 e. The van der Waals surface area contributed by atoms with E-state index >= 15 is 0 Å². The fraction of sp³-hybridized carbons (Fsp3) is 0.364. The highest BCUT2D eigenvalue weighted by Gasteiger charge is 2.47. The summed E-state index contributed by atoms with van der Waals surface area (Å²) in [5, 5.41) is 8.82. The molecule has 3 N–H and O–H groups in total. The van der Waals surface area contributed by atoms with Crippen molar-refractivity contribution in [1.29, 1.82) is 0 Å². The molecule has 0 saturated heterocycles. The number of rotatable bonds is 3. The van der Waals surface area contributed by atoms with Crippen molar-refractivity contribution in [1.82, 2.24) is 0 Å². The lowest BCUT2D eigenvalue weighted by Crippen LogP contribution is -2.16. The van der Waals surface area contributed by atoms with Gasteiger partial charge in [0.05, 0.1) is 5.92 Å². The van der Waals surface area contributed by atoms with Crippen molar-refractivity contribution < 1.29 is 9.90 Å². The molecule has 3 nitrogen and oxygen atoms in total. The maximum absolute atomic E-state index is 10.7. The molecule has 2 rings (SSSR count). The van der Waals surface area contributed by atoms with Gasteiger partial charge in [0.1, 0.15) is 0 Å². The van der Waals surface area contributed by atoms with Gasteiger partial charge in [0.2, 0.25) is 0 Å². The van der Waals surface area contributed by atoms with Gasteiger partial charge in [-0.15, -0.1) is 0 Å². The number of aliphatic carboxylic acids is 1. The molecule has 3 unspecified atom stereocenters. The molecule has 1 fully saturated rings. The summed E-state index contributed by atoms with van der Waals surface area (Å²) in [6.07, 6.45) is 0.692. The van der Waals surface area contributed by atoms with Crippen LogP contribution in [0.15, 0.2) is 28.7 Å². The van der Waals surface area contributed by atoms with Crippen molar-refractivity contribution in [3.63, 3.8) is 0 Å². The monoisotopic (exact) mass is 269 g/mol. The Morgan fingerprint density at radius 1 is 1.53 bits per heavy atom. The predicted molar refractivity (Wildman–Crippen MR) is 60.3 cm³/mol. The fourth-order valence-corrected chi connectivity index (χ4v) is 2.42. The molecule has 0 radical (unpaired) electrons. The summed E-state index contributed by atoms with van der Waals surface area (Å²) < 4.78 is 0.952. The van der Waals surface area contributed by atoms with Gasteiger partial charge in [0.15, 0.2) is 0 Å². The molecule has 3 atom stereocenters. The number of halogens is 1. The Balaban J connectivity index is 2.13. The van der Waals surface area contributed by atoms with E-state index in [1.54, 1.807) is 0 Å². The first-order chi connectivity index (χ1) is 7.11. The maximum Gasteiger partial charge on any atom is 0.306 e. The Morgan fingerprint density at radius 2 is 2.20 bits per heavy atom. The zero-order valence-corrected chi connectivity index (χ0v) is 9.65. The smallest absolute Gasteiger partial charge is 0.306 e. The number of carboxylic acid groups (broad SMARTS) is 1. The molecule has 0 bridgehead atoms. The molecular weight excluding hydrogens is 258 g/mol. The average Bonchev–Trinajstić information content (AvgIpc) is 2.97. The molecule has 80 valence electrons. The lowest BCUT2D eigenvalue weighted by molar-refractivity contribution is -0.138. The molecule has 1 saturated carbocycles. The van der Waals surface area contributed by atoms with Gasteiger partial charge in [0.25, 0.3) is 0 Å². The number of carbonyl (C=O) groups is 1. The second-order valence-corrected chi connectivity index (χ2v) is 4.75. The van der Waals surface area contributed by atoms with E-state index < -0.39 is 5.97 Å². The van der Waals surface area contributed by atoms with Crippen LogP contribution in [0.1, 0.15) is 18.0 Å². The molecule has 0 spiro atoms. The van der Waals surface area contributed by atoms with E-state index in [0.717, 1.165) is 10.0 Å². The van der Waals surface area contributed by atoms with E-state index in [1.807, 2.05) is 24.3 Å². The summed E-state index contributed by atoms with van der Waals surface area (Å²) in [5.74, 6) is -0.907. The van der Waals surface area contributed by atoms with Gasteiger partial charge in [-0.05, 0) is 24.0 Å². The summed E-state index contributed by atoms with van der Waals surface area (Å²) in [6.45, 7) is 0. The van der Waals surface area contributed by atoms with Gasteiger partial charge in [-0.25, -0.2) is 0 Å². The third kappa shape index (κ3) is 2.06. The van der Waals surface area contributed by atoms with E-state index in [4.69, 9.17) is 10.8 Å². The molecule has 0 aliphatic heterocycles. The van der Waals surface area contributed by atoms with Crippen molar-refractivity contribution >= 4 is 21.9 Å². The minimum atomic E-state index is -0.734. The van der Waals surface area contributed by atoms with E-state index in [-0.39, 0.29) is 17.9 Å². The Labute approximate surface area is 96.4 Å². The fourth-order valence-electron chi connectivity index (χ4n) is 1.87. The Bertz CT molecular complexity index is 394. The summed E-state index contributed by atoms with van der Waals surface area (Å²) in [6, 6.07) is 7.51. The van der Waals surface area contributed by atoms with E-state index in [1.165, 1.54) is 0 Å². The van der Waals surface area contributed by atoms with Crippen molar-refractivity contribution in [2.45, 2.75) is 12.5 Å². The lowest BCUT2D eigenvalue weighted by Gasteiger charge is -2.12. The molecule has 1 aromatic carbocycles. The molecule has 0 heterocycles. The van der Waals surface area contributed by atoms with Crippen LogP contribution in [-0.2, 0) is 4.79 Å². The van der Waals surface area contributed by atoms with Crippen molar-refractivity contribution in [3.05, 3.63) is 34.3 Å². The highest BCUT2D eigenvalue weighted by molar-refractivity contribution is 9.10. The molecule has 1 aliphatic rings. The van der Waals surface area contributed by atoms with Crippen LogP contribution in [0.25, 0.3) is 0 Å². The zero-order valence-electron chi connectivity index (χ0n) is 8.06. The molecule has 0 aromatic heterocycles. The molecule has 1 aromatic rings. The van der Waals surface area contributed by atoms with Crippen molar-refractivity contribution in [3.8, 4) is 0 Å². The topological polar surface area (TPSA) is 63.3 Å². The SMILES string of the molecule is NC(c1ccccc1Br)C1CC1C(=O)O. The van der Waals surface area contributed by atoms with Gasteiger partial charge in [-0.3, -0.25) is 4.79 Å². The predicted octanol–water partition coefficient (Wildman–Crippen LogP) is 2.17. The second-order valence-electron chi connectivity index (χ2n) is 3.89. The number of carboxylic acids is 1. The van der Waals surface area contributed by atoms with Crippen LogP contribution < -0.4 is 5.73 Å². The molecule has 4 heteroatoms. The Morgan fingerprint density at radius 3 is 2.73 bits per heavy atom. The first-order valence-corrected chi connectivity index (χ1v) is 5.63. The minimum absolute atomic E-state index is 0.0844. The maximum atomic E-state index is 10.7. The van der Waals surface area contributed by atoms with Crippen LogP contribution in [-0.4, -0.2) is 11.1 Å². The summed E-state index contributed by atoms with van der Waals surface area (Å²) in [4.78, 5) is 10.7. The second kappa shape index (κ2) is 3.94. The summed E-state index contributed by atoms with van der Waals surface area (Å²) in [5.41, 5.74) is 7.03. The number of hydrogen-bond acceptors (Lipinski definition) is 2. The zero-order chi connectivity index (χ0) is 11.0. The van der Waals surface area contributed by atoms with Crippen molar-refractivity contribution in [2.75, 3.05) is 0 Å². The average molecular weight is 270 g/mol. The quantitative estimate of drug-likeness (QED) is 0.884. The standard InChI is InChI=1S/C11H12BrNO2/c12-9-4-2-1-3-6(9)10(13)7-5-8(7)11(14)15/h1-4,7-8,10H,5,13H2,(H,14,15). The van der Waals surface area contributed by atoms with E-state index in [0.29, 0.717) is 6.42 Å². The van der Waals surface area contributed by atoms with Crippen molar-refractivity contribution in [2.24, 2.45) is 17.6 Å². The van der Waals surface area contributed by atoms with Crippen LogP contribution in [0.5, 0.6) is 0 Å². The van der Waals surface area contributed by atoms with Crippen LogP contribution >= 0.6 is 15.9 Å². The van der Waals surface area contributed by atoms with E-state index in [9.17, 15) is 4.79 Å².